The molecule has 0 amide bonds. The molecule has 0 spiro atoms. The molecule has 2 aromatic rings. The Labute approximate surface area is 126 Å². The van der Waals surface area contributed by atoms with Gasteiger partial charge in [-0.15, -0.1) is 0 Å². The summed E-state index contributed by atoms with van der Waals surface area (Å²) in [5.74, 6) is 0. The molecule has 0 fully saturated rings. The second kappa shape index (κ2) is 6.53. The molecule has 3 heteroatoms. The van der Waals surface area contributed by atoms with Crippen LogP contribution in [0.2, 0.25) is 0 Å². The summed E-state index contributed by atoms with van der Waals surface area (Å²) < 4.78 is 0. The summed E-state index contributed by atoms with van der Waals surface area (Å²) in [4.78, 5) is 0.430. The van der Waals surface area contributed by atoms with E-state index in [0.717, 1.165) is 23.2 Å². The van der Waals surface area contributed by atoms with E-state index in [1.54, 1.807) is 0 Å². The monoisotopic (exact) mass is 284 g/mol. The van der Waals surface area contributed by atoms with Gasteiger partial charge in [0.25, 0.3) is 0 Å². The number of nitrogens with one attached hydrogen (secondary N) is 1. The lowest BCUT2D eigenvalue weighted by Crippen LogP contribution is -2.17. The Morgan fingerprint density at radius 2 is 1.85 bits per heavy atom. The molecule has 2 aromatic carbocycles. The average Bonchev–Trinajstić information content (AvgIpc) is 2.46. The number of hydrogen-bond acceptors (Lipinski definition) is 2. The largest absolute Gasteiger partial charge is 0.389 e. The molecule has 0 heterocycles. The van der Waals surface area contributed by atoms with Crippen LogP contribution in [0.5, 0.6) is 0 Å². The molecule has 0 aromatic heterocycles. The molecule has 20 heavy (non-hydrogen) atoms. The SMILES string of the molecule is CCC(Nc1c(C)cccc1C(N)=S)c1ccccc1. The Kier molecular flexibility index (Phi) is 4.74. The van der Waals surface area contributed by atoms with Crippen LogP contribution >= 0.6 is 12.2 Å². The first kappa shape index (κ1) is 14.5. The fourth-order valence-electron chi connectivity index (χ4n) is 2.35. The molecule has 3 N–H and O–H groups in total. The third-order valence-electron chi connectivity index (χ3n) is 3.47. The highest BCUT2D eigenvalue weighted by atomic mass is 32.1. The summed E-state index contributed by atoms with van der Waals surface area (Å²) in [7, 11) is 0. The lowest BCUT2D eigenvalue weighted by Gasteiger charge is -2.22. The van der Waals surface area contributed by atoms with Crippen LogP contribution in [0.3, 0.4) is 0 Å². The zero-order valence-electron chi connectivity index (χ0n) is 11.9. The van der Waals surface area contributed by atoms with Crippen molar-refractivity contribution in [3.8, 4) is 0 Å². The summed E-state index contributed by atoms with van der Waals surface area (Å²) in [5.41, 5.74) is 10.2. The molecule has 0 aliphatic heterocycles. The van der Waals surface area contributed by atoms with Crippen molar-refractivity contribution in [3.05, 3.63) is 65.2 Å². The van der Waals surface area contributed by atoms with E-state index in [1.807, 2.05) is 18.2 Å². The molecule has 1 unspecified atom stereocenters. The number of aryl methyl sites for hydroxylation is 1. The maximum absolute atomic E-state index is 5.83. The van der Waals surface area contributed by atoms with Gasteiger partial charge in [0.15, 0.2) is 0 Å². The van der Waals surface area contributed by atoms with Crippen LogP contribution in [-0.2, 0) is 0 Å². The summed E-state index contributed by atoms with van der Waals surface area (Å²) in [6.07, 6.45) is 0.995. The van der Waals surface area contributed by atoms with Gasteiger partial charge in [0, 0.05) is 11.3 Å². The van der Waals surface area contributed by atoms with Gasteiger partial charge in [-0.1, -0.05) is 61.6 Å². The quantitative estimate of drug-likeness (QED) is 0.808. The first-order valence-corrected chi connectivity index (χ1v) is 7.25. The normalized spacial score (nSPS) is 11.9. The molecule has 0 bridgehead atoms. The lowest BCUT2D eigenvalue weighted by molar-refractivity contribution is 0.748. The van der Waals surface area contributed by atoms with Crippen LogP contribution in [0.15, 0.2) is 48.5 Å². The van der Waals surface area contributed by atoms with Gasteiger partial charge in [-0.3, -0.25) is 0 Å². The minimum atomic E-state index is 0.255. The zero-order chi connectivity index (χ0) is 14.5. The first-order valence-electron chi connectivity index (χ1n) is 6.84. The molecular weight excluding hydrogens is 264 g/mol. The fourth-order valence-corrected chi connectivity index (χ4v) is 2.52. The van der Waals surface area contributed by atoms with Gasteiger partial charge < -0.3 is 11.1 Å². The van der Waals surface area contributed by atoms with Crippen LogP contribution in [0.1, 0.15) is 36.1 Å². The van der Waals surface area contributed by atoms with Crippen LogP contribution in [0, 0.1) is 6.92 Å². The first-order chi connectivity index (χ1) is 9.63. The second-order valence-electron chi connectivity index (χ2n) is 4.88. The molecule has 0 aliphatic carbocycles. The molecule has 0 saturated heterocycles. The summed E-state index contributed by atoms with van der Waals surface area (Å²) in [5, 5.41) is 3.60. The topological polar surface area (TPSA) is 38.0 Å². The number of anilines is 1. The maximum atomic E-state index is 5.83. The fraction of sp³-hybridized carbons (Fsp3) is 0.235. The van der Waals surface area contributed by atoms with E-state index < -0.39 is 0 Å². The van der Waals surface area contributed by atoms with Gasteiger partial charge in [-0.2, -0.15) is 0 Å². The van der Waals surface area contributed by atoms with Crippen molar-refractivity contribution in [1.82, 2.24) is 0 Å². The van der Waals surface area contributed by atoms with Gasteiger partial charge in [0.2, 0.25) is 0 Å². The zero-order valence-corrected chi connectivity index (χ0v) is 12.7. The Hall–Kier alpha value is -1.87. The van der Waals surface area contributed by atoms with E-state index in [2.05, 4.69) is 49.5 Å². The Morgan fingerprint density at radius 1 is 1.15 bits per heavy atom. The van der Waals surface area contributed by atoms with Crippen molar-refractivity contribution >= 4 is 22.9 Å². The van der Waals surface area contributed by atoms with Crippen molar-refractivity contribution in [2.45, 2.75) is 26.3 Å². The number of hydrogen-bond donors (Lipinski definition) is 2. The van der Waals surface area contributed by atoms with Crippen LogP contribution in [0.4, 0.5) is 5.69 Å². The standard InChI is InChI=1S/C17H20N2S/c1-3-15(13-9-5-4-6-10-13)19-16-12(2)8-7-11-14(16)17(18)20/h4-11,15,19H,3H2,1-2H3,(H2,18,20). The maximum Gasteiger partial charge on any atom is 0.106 e. The van der Waals surface area contributed by atoms with E-state index in [9.17, 15) is 0 Å². The summed E-state index contributed by atoms with van der Waals surface area (Å²) in [6, 6.07) is 16.7. The van der Waals surface area contributed by atoms with Gasteiger partial charge in [0.05, 0.1) is 6.04 Å². The molecule has 1 atom stereocenters. The molecule has 0 radical (unpaired) electrons. The van der Waals surface area contributed by atoms with Gasteiger partial charge >= 0.3 is 0 Å². The Balaban J connectivity index is 2.35. The number of para-hydroxylation sites is 1. The van der Waals surface area contributed by atoms with E-state index in [4.69, 9.17) is 18.0 Å². The number of nitrogens with two attached hydrogens (primary N) is 1. The lowest BCUT2D eigenvalue weighted by atomic mass is 10.0. The van der Waals surface area contributed by atoms with E-state index in [-0.39, 0.29) is 6.04 Å². The van der Waals surface area contributed by atoms with Crippen molar-refractivity contribution in [3.63, 3.8) is 0 Å². The van der Waals surface area contributed by atoms with E-state index in [1.165, 1.54) is 5.56 Å². The molecular formula is C17H20N2S. The molecule has 0 saturated carbocycles. The molecule has 2 nitrogen and oxygen atoms in total. The molecule has 104 valence electrons. The second-order valence-corrected chi connectivity index (χ2v) is 5.32. The predicted octanol–water partition coefficient (Wildman–Crippen LogP) is 4.19. The van der Waals surface area contributed by atoms with Crippen LogP contribution in [0.25, 0.3) is 0 Å². The minimum absolute atomic E-state index is 0.255. The molecule has 2 rings (SSSR count). The number of rotatable bonds is 5. The third kappa shape index (κ3) is 3.17. The average molecular weight is 284 g/mol. The summed E-state index contributed by atoms with van der Waals surface area (Å²) >= 11 is 5.15. The highest BCUT2D eigenvalue weighted by molar-refractivity contribution is 7.80. The highest BCUT2D eigenvalue weighted by Gasteiger charge is 2.13. The van der Waals surface area contributed by atoms with Crippen molar-refractivity contribution in [2.75, 3.05) is 5.32 Å². The van der Waals surface area contributed by atoms with Gasteiger partial charge in [0.1, 0.15) is 4.99 Å². The smallest absolute Gasteiger partial charge is 0.106 e. The van der Waals surface area contributed by atoms with Crippen LogP contribution < -0.4 is 11.1 Å². The van der Waals surface area contributed by atoms with Crippen molar-refractivity contribution in [2.24, 2.45) is 5.73 Å². The minimum Gasteiger partial charge on any atom is -0.389 e. The van der Waals surface area contributed by atoms with Crippen molar-refractivity contribution < 1.29 is 0 Å². The predicted molar refractivity (Wildman–Crippen MR) is 90.2 cm³/mol. The molecule has 0 aliphatic rings. The van der Waals surface area contributed by atoms with Crippen molar-refractivity contribution in [1.29, 1.82) is 0 Å². The third-order valence-corrected chi connectivity index (χ3v) is 3.69. The Morgan fingerprint density at radius 3 is 2.45 bits per heavy atom. The highest BCUT2D eigenvalue weighted by Crippen LogP contribution is 2.27. The summed E-state index contributed by atoms with van der Waals surface area (Å²) in [6.45, 7) is 4.24. The van der Waals surface area contributed by atoms with Gasteiger partial charge in [-0.25, -0.2) is 0 Å². The Bertz CT molecular complexity index is 593. The van der Waals surface area contributed by atoms with Gasteiger partial charge in [-0.05, 0) is 30.5 Å². The van der Waals surface area contributed by atoms with E-state index >= 15 is 0 Å². The van der Waals surface area contributed by atoms with Crippen LogP contribution in [-0.4, -0.2) is 4.99 Å². The number of thiocarbonyl (C=S) groups is 1. The number of benzene rings is 2. The van der Waals surface area contributed by atoms with E-state index in [0.29, 0.717) is 4.99 Å².